The van der Waals surface area contributed by atoms with Crippen LogP contribution in [0.15, 0.2) is 20.3 Å². The van der Waals surface area contributed by atoms with Crippen LogP contribution in [0.2, 0.25) is 0 Å². The van der Waals surface area contributed by atoms with Gasteiger partial charge in [-0.05, 0) is 15.9 Å². The molecule has 1 unspecified atom stereocenters. The van der Waals surface area contributed by atoms with Gasteiger partial charge >= 0.3 is 0 Å². The monoisotopic (exact) mass is 392 g/mol. The number of fused-ring (bicyclic) bond motifs is 1. The van der Waals surface area contributed by atoms with Gasteiger partial charge in [0, 0.05) is 35.9 Å². The van der Waals surface area contributed by atoms with Crippen molar-refractivity contribution < 1.29 is 8.97 Å². The number of rotatable bonds is 2. The Balaban J connectivity index is 1.88. The molecule has 2 aromatic heterocycles. The van der Waals surface area contributed by atoms with Gasteiger partial charge in [-0.15, -0.1) is 15.6 Å². The average Bonchev–Trinajstić information content (AvgIpc) is 2.81. The van der Waals surface area contributed by atoms with Gasteiger partial charge in [0.2, 0.25) is 0 Å². The van der Waals surface area contributed by atoms with Crippen molar-refractivity contribution in [3.63, 3.8) is 0 Å². The maximum atomic E-state index is 11.5. The molecule has 1 atom stereocenters. The number of thiophene rings is 1. The van der Waals surface area contributed by atoms with Crippen molar-refractivity contribution in [3.8, 4) is 0 Å². The molecule has 108 valence electrons. The number of piperazine rings is 1. The molecule has 1 saturated heterocycles. The Morgan fingerprint density at radius 1 is 1.40 bits per heavy atom. The van der Waals surface area contributed by atoms with E-state index in [9.17, 15) is 4.55 Å². The molecule has 0 saturated carbocycles. The first-order chi connectivity index (χ1) is 9.56. The summed E-state index contributed by atoms with van der Waals surface area (Å²) in [6, 6.07) is 1.92. The summed E-state index contributed by atoms with van der Waals surface area (Å²) in [6.45, 7) is 3.14. The third-order valence-electron chi connectivity index (χ3n) is 3.30. The second-order valence-electron chi connectivity index (χ2n) is 4.53. The van der Waals surface area contributed by atoms with E-state index in [2.05, 4.69) is 20.8 Å². The van der Waals surface area contributed by atoms with Crippen molar-refractivity contribution in [1.82, 2.24) is 4.31 Å². The fourth-order valence-corrected chi connectivity index (χ4v) is 4.69. The molecule has 0 aliphatic carbocycles. The summed E-state index contributed by atoms with van der Waals surface area (Å²) >= 11 is 9.61. The Hall–Kier alpha value is -0.120. The number of halogens is 1. The Morgan fingerprint density at radius 3 is 2.75 bits per heavy atom. The summed E-state index contributed by atoms with van der Waals surface area (Å²) in [6.07, 6.45) is 1.72. The molecule has 0 aromatic carbocycles. The Labute approximate surface area is 137 Å². The van der Waals surface area contributed by atoms with Crippen LogP contribution < -0.4 is 4.90 Å². The maximum Gasteiger partial charge on any atom is 0.197 e. The molecule has 0 amide bonds. The molecule has 3 rings (SSSR count). The van der Waals surface area contributed by atoms with Gasteiger partial charge in [0.1, 0.15) is 6.26 Å². The van der Waals surface area contributed by atoms with Crippen molar-refractivity contribution in [2.45, 2.75) is 0 Å². The van der Waals surface area contributed by atoms with E-state index < -0.39 is 11.4 Å². The highest BCUT2D eigenvalue weighted by Crippen LogP contribution is 2.34. The third-order valence-corrected chi connectivity index (χ3v) is 6.73. The first-order valence-corrected chi connectivity index (χ1v) is 9.70. The molecular weight excluding hydrogens is 380 g/mol. The van der Waals surface area contributed by atoms with Crippen molar-refractivity contribution in [2.75, 3.05) is 37.3 Å². The number of hydrogen-bond donors (Lipinski definition) is 0. The minimum atomic E-state index is -0.898. The van der Waals surface area contributed by atoms with E-state index in [4.69, 9.17) is 16.6 Å². The summed E-state index contributed by atoms with van der Waals surface area (Å²) in [4.78, 5) is 2.16. The summed E-state index contributed by atoms with van der Waals surface area (Å²) in [7, 11) is 0. The second-order valence-corrected chi connectivity index (χ2v) is 8.07. The summed E-state index contributed by atoms with van der Waals surface area (Å²) in [5.41, 5.74) is 0.819. The van der Waals surface area contributed by atoms with Crippen LogP contribution in [-0.2, 0) is 11.4 Å². The van der Waals surface area contributed by atoms with Crippen LogP contribution in [0.4, 0.5) is 5.88 Å². The van der Waals surface area contributed by atoms with E-state index in [0.29, 0.717) is 0 Å². The quantitative estimate of drug-likeness (QED) is 0.578. The minimum Gasteiger partial charge on any atom is -0.598 e. The highest BCUT2D eigenvalue weighted by Gasteiger charge is 2.24. The molecule has 4 nitrogen and oxygen atoms in total. The Morgan fingerprint density at radius 2 is 2.10 bits per heavy atom. The molecule has 0 spiro atoms. The molecule has 1 aliphatic rings. The third kappa shape index (κ3) is 2.77. The molecule has 20 heavy (non-hydrogen) atoms. The molecule has 0 bridgehead atoms. The number of anilines is 1. The lowest BCUT2D eigenvalue weighted by molar-refractivity contribution is 0.377. The van der Waals surface area contributed by atoms with E-state index in [1.54, 1.807) is 17.6 Å². The minimum absolute atomic E-state index is 0.772. The van der Waals surface area contributed by atoms with E-state index in [1.807, 2.05) is 15.8 Å². The van der Waals surface area contributed by atoms with Crippen molar-refractivity contribution in [3.05, 3.63) is 20.4 Å². The van der Waals surface area contributed by atoms with Crippen LogP contribution in [0.1, 0.15) is 0 Å². The highest BCUT2D eigenvalue weighted by atomic mass is 79.9. The van der Waals surface area contributed by atoms with Crippen LogP contribution in [0.3, 0.4) is 0 Å². The molecule has 3 heterocycles. The molecule has 8 heteroatoms. The average molecular weight is 393 g/mol. The number of nitrogens with zero attached hydrogens (tertiary/aromatic N) is 2. The summed E-state index contributed by atoms with van der Waals surface area (Å²) in [5.74, 6) is 0.795. The zero-order chi connectivity index (χ0) is 14.3. The van der Waals surface area contributed by atoms with E-state index in [1.165, 1.54) is 0 Å². The summed E-state index contributed by atoms with van der Waals surface area (Å²) < 4.78 is 22.2. The maximum absolute atomic E-state index is 11.5. The molecular formula is C12H13BrN2O2S3. The molecule has 1 fully saturated rings. The van der Waals surface area contributed by atoms with Crippen molar-refractivity contribution >= 4 is 67.0 Å². The topological polar surface area (TPSA) is 42.7 Å². The van der Waals surface area contributed by atoms with Crippen molar-refractivity contribution in [2.24, 2.45) is 0 Å². The Bertz CT molecular complexity index is 677. The molecule has 2 aromatic rings. The van der Waals surface area contributed by atoms with Crippen LogP contribution >= 0.6 is 39.5 Å². The van der Waals surface area contributed by atoms with Gasteiger partial charge in [0.25, 0.3) is 0 Å². The van der Waals surface area contributed by atoms with Gasteiger partial charge in [-0.25, -0.2) is 0 Å². The van der Waals surface area contributed by atoms with E-state index >= 15 is 0 Å². The zero-order valence-electron chi connectivity index (χ0n) is 10.8. The van der Waals surface area contributed by atoms with Gasteiger partial charge in [-0.3, -0.25) is 0 Å². The molecule has 1 aliphatic heterocycles. The van der Waals surface area contributed by atoms with E-state index in [-0.39, 0.29) is 0 Å². The SMILES string of the molecule is C[S+]([O-])N1CCN(c2cc(=S)c3scc(Br)c3o2)CC1. The fraction of sp³-hybridized carbons (Fsp3) is 0.417. The normalized spacial score (nSPS) is 18.6. The highest BCUT2D eigenvalue weighted by molar-refractivity contribution is 9.10. The van der Waals surface area contributed by atoms with Gasteiger partial charge in [0.05, 0.1) is 26.8 Å². The van der Waals surface area contributed by atoms with Gasteiger partial charge in [0.15, 0.2) is 11.5 Å². The predicted octanol–water partition coefficient (Wildman–Crippen LogP) is 3.40. The van der Waals surface area contributed by atoms with Gasteiger partial charge in [-0.1, -0.05) is 12.2 Å². The Kier molecular flexibility index (Phi) is 4.40. The van der Waals surface area contributed by atoms with Crippen LogP contribution in [-0.4, -0.2) is 41.3 Å². The second kappa shape index (κ2) is 5.94. The lowest BCUT2D eigenvalue weighted by Gasteiger charge is -2.33. The fourth-order valence-electron chi connectivity index (χ4n) is 2.22. The van der Waals surface area contributed by atoms with Crippen LogP contribution in [0, 0.1) is 4.51 Å². The smallest absolute Gasteiger partial charge is 0.197 e. The van der Waals surface area contributed by atoms with Crippen molar-refractivity contribution in [1.29, 1.82) is 0 Å². The lowest BCUT2D eigenvalue weighted by atomic mass is 10.3. The largest absolute Gasteiger partial charge is 0.598 e. The number of hydrogen-bond acceptors (Lipinski definition) is 6. The summed E-state index contributed by atoms with van der Waals surface area (Å²) in [5, 5.41) is 1.99. The predicted molar refractivity (Wildman–Crippen MR) is 90.5 cm³/mol. The van der Waals surface area contributed by atoms with Gasteiger partial charge in [-0.2, -0.15) is 0 Å². The molecule has 0 N–H and O–H groups in total. The first kappa shape index (κ1) is 14.8. The van der Waals surface area contributed by atoms with E-state index in [0.717, 1.165) is 51.3 Å². The standard InChI is InChI=1S/C12H13BrN2O2S3/c1-20(16)15-4-2-14(3-5-15)10-6-9(18)12-11(17-10)8(13)7-19-12/h6-7H,2-5H2,1H3. The van der Waals surface area contributed by atoms with Gasteiger partial charge < -0.3 is 13.9 Å². The van der Waals surface area contributed by atoms with Crippen LogP contribution in [0.25, 0.3) is 10.3 Å². The molecule has 0 radical (unpaired) electrons. The first-order valence-electron chi connectivity index (χ1n) is 6.10. The lowest BCUT2D eigenvalue weighted by Crippen LogP contribution is -2.48. The zero-order valence-corrected chi connectivity index (χ0v) is 14.8. The van der Waals surface area contributed by atoms with Crippen LogP contribution in [0.5, 0.6) is 0 Å².